The van der Waals surface area contributed by atoms with E-state index >= 15 is 0 Å². The highest BCUT2D eigenvalue weighted by molar-refractivity contribution is 7.89. The van der Waals surface area contributed by atoms with Gasteiger partial charge in [-0.15, -0.1) is 0 Å². The molecule has 0 unspecified atom stereocenters. The van der Waals surface area contributed by atoms with Crippen LogP contribution in [0.1, 0.15) is 18.9 Å². The SMILES string of the molecule is CCCc1ccc(S(=O)(=O)N2CC[NH+](CC(N)=O)CC2)cc1. The van der Waals surface area contributed by atoms with Crippen molar-refractivity contribution in [3.05, 3.63) is 29.8 Å². The van der Waals surface area contributed by atoms with Crippen LogP contribution in [0.25, 0.3) is 0 Å². The minimum atomic E-state index is -3.44. The van der Waals surface area contributed by atoms with Crippen LogP contribution < -0.4 is 10.6 Å². The molecule has 0 bridgehead atoms. The quantitative estimate of drug-likeness (QED) is 0.704. The zero-order valence-corrected chi connectivity index (χ0v) is 13.7. The Balaban J connectivity index is 2.03. The van der Waals surface area contributed by atoms with Crippen molar-refractivity contribution >= 4 is 15.9 Å². The second-order valence-electron chi connectivity index (χ2n) is 5.69. The molecule has 0 saturated carbocycles. The Hall–Kier alpha value is -1.44. The average Bonchev–Trinajstić information content (AvgIpc) is 2.48. The number of nitrogens with one attached hydrogen (secondary N) is 1. The number of quaternary nitrogens is 1. The molecule has 1 heterocycles. The summed E-state index contributed by atoms with van der Waals surface area (Å²) in [5.41, 5.74) is 6.33. The molecule has 0 aromatic heterocycles. The van der Waals surface area contributed by atoms with E-state index in [2.05, 4.69) is 6.92 Å². The number of hydrogen-bond donors (Lipinski definition) is 2. The highest BCUT2D eigenvalue weighted by Gasteiger charge is 2.30. The van der Waals surface area contributed by atoms with Gasteiger partial charge >= 0.3 is 0 Å². The second kappa shape index (κ2) is 7.21. The Labute approximate surface area is 131 Å². The first kappa shape index (κ1) is 16.9. The number of carbonyl (C=O) groups excluding carboxylic acids is 1. The first-order valence-electron chi connectivity index (χ1n) is 7.64. The number of carbonyl (C=O) groups is 1. The van der Waals surface area contributed by atoms with Gasteiger partial charge in [-0.2, -0.15) is 4.31 Å². The van der Waals surface area contributed by atoms with Crippen molar-refractivity contribution in [3.63, 3.8) is 0 Å². The van der Waals surface area contributed by atoms with Crippen molar-refractivity contribution in [3.8, 4) is 0 Å². The van der Waals surface area contributed by atoms with Crippen molar-refractivity contribution in [1.82, 2.24) is 4.31 Å². The van der Waals surface area contributed by atoms with E-state index in [0.717, 1.165) is 23.3 Å². The van der Waals surface area contributed by atoms with Gasteiger partial charge in [0.15, 0.2) is 6.54 Å². The number of aryl methyl sites for hydroxylation is 1. The zero-order chi connectivity index (χ0) is 16.2. The molecule has 22 heavy (non-hydrogen) atoms. The second-order valence-corrected chi connectivity index (χ2v) is 7.63. The van der Waals surface area contributed by atoms with E-state index < -0.39 is 10.0 Å². The zero-order valence-electron chi connectivity index (χ0n) is 12.9. The van der Waals surface area contributed by atoms with Gasteiger partial charge in [0.2, 0.25) is 10.0 Å². The summed E-state index contributed by atoms with van der Waals surface area (Å²) in [5, 5.41) is 0. The van der Waals surface area contributed by atoms with E-state index in [1.165, 1.54) is 4.31 Å². The number of amides is 1. The van der Waals surface area contributed by atoms with Crippen LogP contribution in [0, 0.1) is 0 Å². The summed E-state index contributed by atoms with van der Waals surface area (Å²) in [6, 6.07) is 7.13. The van der Waals surface area contributed by atoms with Crippen LogP contribution >= 0.6 is 0 Å². The van der Waals surface area contributed by atoms with Crippen molar-refractivity contribution in [1.29, 1.82) is 0 Å². The molecule has 6 nitrogen and oxygen atoms in total. The van der Waals surface area contributed by atoms with Crippen LogP contribution in [0.2, 0.25) is 0 Å². The fourth-order valence-corrected chi connectivity index (χ4v) is 4.17. The Morgan fingerprint density at radius 2 is 1.82 bits per heavy atom. The monoisotopic (exact) mass is 326 g/mol. The van der Waals surface area contributed by atoms with Crippen LogP contribution in [0.15, 0.2) is 29.2 Å². The first-order chi connectivity index (χ1) is 10.4. The number of rotatable bonds is 6. The Morgan fingerprint density at radius 1 is 1.23 bits per heavy atom. The van der Waals surface area contributed by atoms with Gasteiger partial charge in [0.1, 0.15) is 0 Å². The van der Waals surface area contributed by atoms with Gasteiger partial charge in [0.05, 0.1) is 31.1 Å². The Bertz CT molecular complexity index is 605. The van der Waals surface area contributed by atoms with Gasteiger partial charge in [-0.05, 0) is 24.1 Å². The molecule has 7 heteroatoms. The van der Waals surface area contributed by atoms with E-state index in [1.54, 1.807) is 12.1 Å². The Kier molecular flexibility index (Phi) is 5.55. The van der Waals surface area contributed by atoms with Gasteiger partial charge in [-0.25, -0.2) is 8.42 Å². The maximum absolute atomic E-state index is 12.6. The lowest BCUT2D eigenvalue weighted by atomic mass is 10.1. The molecule has 122 valence electrons. The van der Waals surface area contributed by atoms with Crippen molar-refractivity contribution in [2.24, 2.45) is 5.73 Å². The van der Waals surface area contributed by atoms with Crippen LogP contribution in [-0.2, 0) is 21.2 Å². The largest absolute Gasteiger partial charge is 0.365 e. The number of nitrogens with two attached hydrogens (primary N) is 1. The summed E-state index contributed by atoms with van der Waals surface area (Å²) in [5.74, 6) is -0.349. The molecule has 1 saturated heterocycles. The summed E-state index contributed by atoms with van der Waals surface area (Å²) in [4.78, 5) is 12.3. The van der Waals surface area contributed by atoms with E-state index in [-0.39, 0.29) is 12.5 Å². The highest BCUT2D eigenvalue weighted by Crippen LogP contribution is 2.17. The van der Waals surface area contributed by atoms with Crippen molar-refractivity contribution in [2.45, 2.75) is 24.7 Å². The minimum Gasteiger partial charge on any atom is -0.365 e. The van der Waals surface area contributed by atoms with E-state index in [9.17, 15) is 13.2 Å². The molecule has 1 aliphatic heterocycles. The number of benzene rings is 1. The molecule has 1 aliphatic rings. The topological polar surface area (TPSA) is 84.9 Å². The van der Waals surface area contributed by atoms with Gasteiger partial charge in [0.25, 0.3) is 5.91 Å². The fraction of sp³-hybridized carbons (Fsp3) is 0.533. The highest BCUT2D eigenvalue weighted by atomic mass is 32.2. The summed E-state index contributed by atoms with van der Waals surface area (Å²) < 4.78 is 26.7. The molecule has 1 aromatic carbocycles. The third-order valence-electron chi connectivity index (χ3n) is 3.95. The van der Waals surface area contributed by atoms with E-state index in [4.69, 9.17) is 5.73 Å². The number of piperazine rings is 1. The minimum absolute atomic E-state index is 0.263. The molecule has 1 aromatic rings. The lowest BCUT2D eigenvalue weighted by Gasteiger charge is -2.30. The molecule has 0 atom stereocenters. The molecule has 0 spiro atoms. The lowest BCUT2D eigenvalue weighted by molar-refractivity contribution is -0.895. The predicted octanol–water partition coefficient (Wildman–Crippen LogP) is -0.986. The van der Waals surface area contributed by atoms with E-state index in [1.807, 2.05) is 12.1 Å². The first-order valence-corrected chi connectivity index (χ1v) is 9.08. The number of nitrogens with zero attached hydrogens (tertiary/aromatic N) is 1. The third kappa shape index (κ3) is 4.06. The van der Waals surface area contributed by atoms with E-state index in [0.29, 0.717) is 31.1 Å². The molecular weight excluding hydrogens is 302 g/mol. The van der Waals surface area contributed by atoms with Gasteiger partial charge in [-0.1, -0.05) is 25.5 Å². The summed E-state index contributed by atoms with van der Waals surface area (Å²) in [6.45, 7) is 4.41. The fourth-order valence-electron chi connectivity index (χ4n) is 2.73. The summed E-state index contributed by atoms with van der Waals surface area (Å²) in [7, 11) is -3.44. The average molecular weight is 326 g/mol. The molecule has 0 aliphatic carbocycles. The molecular formula is C15H24N3O3S+. The number of hydrogen-bond acceptors (Lipinski definition) is 3. The lowest BCUT2D eigenvalue weighted by Crippen LogP contribution is -3.15. The number of sulfonamides is 1. The maximum Gasteiger partial charge on any atom is 0.272 e. The Morgan fingerprint density at radius 3 is 2.32 bits per heavy atom. The molecule has 0 radical (unpaired) electrons. The van der Waals surface area contributed by atoms with Crippen molar-refractivity contribution < 1.29 is 18.1 Å². The van der Waals surface area contributed by atoms with Gasteiger partial charge in [-0.3, -0.25) is 4.79 Å². The maximum atomic E-state index is 12.6. The standard InChI is InChI=1S/C15H23N3O3S/c1-2-3-13-4-6-14(7-5-13)22(20,21)18-10-8-17(9-11-18)12-15(16)19/h4-7H,2-3,8-12H2,1H3,(H2,16,19)/p+1. The van der Waals surface area contributed by atoms with Crippen LogP contribution in [-0.4, -0.2) is 51.4 Å². The normalized spacial score (nSPS) is 17.5. The third-order valence-corrected chi connectivity index (χ3v) is 5.87. The predicted molar refractivity (Wildman–Crippen MR) is 84.0 cm³/mol. The molecule has 2 rings (SSSR count). The number of primary amides is 1. The summed E-state index contributed by atoms with van der Waals surface area (Å²) >= 11 is 0. The summed E-state index contributed by atoms with van der Waals surface area (Å²) in [6.07, 6.45) is 1.99. The van der Waals surface area contributed by atoms with Crippen LogP contribution in [0.4, 0.5) is 0 Å². The van der Waals surface area contributed by atoms with Gasteiger partial charge in [0, 0.05) is 0 Å². The molecule has 3 N–H and O–H groups in total. The van der Waals surface area contributed by atoms with Crippen molar-refractivity contribution in [2.75, 3.05) is 32.7 Å². The molecule has 1 amide bonds. The smallest absolute Gasteiger partial charge is 0.272 e. The van der Waals surface area contributed by atoms with Crippen LogP contribution in [0.5, 0.6) is 0 Å². The molecule has 1 fully saturated rings. The van der Waals surface area contributed by atoms with Gasteiger partial charge < -0.3 is 10.6 Å². The van der Waals surface area contributed by atoms with Crippen LogP contribution in [0.3, 0.4) is 0 Å².